The molecule has 0 aliphatic heterocycles. The minimum Gasteiger partial charge on any atom is -0.497 e. The molecule has 3 aromatic rings. The molecule has 0 aliphatic carbocycles. The average molecular weight is 338 g/mol. The van der Waals surface area contributed by atoms with Crippen LogP contribution >= 0.6 is 0 Å². The number of methoxy groups -OCH3 is 1. The molecule has 0 amide bonds. The summed E-state index contributed by atoms with van der Waals surface area (Å²) in [4.78, 5) is 12.1. The van der Waals surface area contributed by atoms with Gasteiger partial charge >= 0.3 is 5.97 Å². The molecule has 2 aromatic carbocycles. The summed E-state index contributed by atoms with van der Waals surface area (Å²) in [6, 6.07) is 16.7. The molecule has 1 heterocycles. The first kappa shape index (κ1) is 16.7. The topological polar surface area (TPSA) is 74.5 Å². The lowest BCUT2D eigenvalue weighted by molar-refractivity contribution is -0.148. The maximum Gasteiger partial charge on any atom is 0.311 e. The quantitative estimate of drug-likeness (QED) is 0.639. The Morgan fingerprint density at radius 2 is 1.80 bits per heavy atom. The third-order valence-corrected chi connectivity index (χ3v) is 3.62. The van der Waals surface area contributed by atoms with E-state index >= 15 is 0 Å². The van der Waals surface area contributed by atoms with Gasteiger partial charge < -0.3 is 13.9 Å². The maximum absolute atomic E-state index is 12.1. The molecular formula is C19H18N2O4. The van der Waals surface area contributed by atoms with Gasteiger partial charge in [-0.1, -0.05) is 30.3 Å². The van der Waals surface area contributed by atoms with E-state index in [4.69, 9.17) is 13.9 Å². The highest BCUT2D eigenvalue weighted by Crippen LogP contribution is 2.22. The zero-order chi connectivity index (χ0) is 17.6. The van der Waals surface area contributed by atoms with E-state index in [1.54, 1.807) is 26.2 Å². The number of ether oxygens (including phenoxy) is 2. The maximum atomic E-state index is 12.1. The summed E-state index contributed by atoms with van der Waals surface area (Å²) in [7, 11) is 1.60. The van der Waals surface area contributed by atoms with Crippen LogP contribution < -0.4 is 4.74 Å². The lowest BCUT2D eigenvalue weighted by Gasteiger charge is -2.09. The molecule has 0 unspecified atom stereocenters. The number of carbonyl (C=O) groups excluding carboxylic acids is 1. The van der Waals surface area contributed by atoms with Crippen molar-refractivity contribution in [2.45, 2.75) is 19.4 Å². The molecule has 25 heavy (non-hydrogen) atoms. The van der Waals surface area contributed by atoms with Gasteiger partial charge in [0.2, 0.25) is 5.89 Å². The molecular weight excluding hydrogens is 320 g/mol. The van der Waals surface area contributed by atoms with Gasteiger partial charge in [0.25, 0.3) is 5.89 Å². The van der Waals surface area contributed by atoms with E-state index in [0.29, 0.717) is 5.89 Å². The lowest BCUT2D eigenvalue weighted by atomic mass is 10.1. The van der Waals surface area contributed by atoms with Gasteiger partial charge in [0, 0.05) is 5.56 Å². The molecule has 1 atom stereocenters. The number of carbonyl (C=O) groups is 1. The second kappa shape index (κ2) is 7.61. The minimum absolute atomic E-state index is 0.161. The Balaban J connectivity index is 1.60. The van der Waals surface area contributed by atoms with Crippen molar-refractivity contribution in [1.82, 2.24) is 10.2 Å². The Morgan fingerprint density at radius 1 is 1.08 bits per heavy atom. The van der Waals surface area contributed by atoms with Gasteiger partial charge in [-0.25, -0.2) is 0 Å². The molecule has 0 saturated heterocycles. The van der Waals surface area contributed by atoms with Crippen molar-refractivity contribution in [2.24, 2.45) is 0 Å². The van der Waals surface area contributed by atoms with Crippen molar-refractivity contribution < 1.29 is 18.7 Å². The summed E-state index contributed by atoms with van der Waals surface area (Å²) >= 11 is 0. The van der Waals surface area contributed by atoms with Crippen molar-refractivity contribution in [2.75, 3.05) is 7.11 Å². The summed E-state index contributed by atoms with van der Waals surface area (Å²) in [6.07, 6.45) is -0.454. The molecule has 6 heteroatoms. The first-order valence-electron chi connectivity index (χ1n) is 7.87. The molecule has 128 valence electrons. The molecule has 6 nitrogen and oxygen atoms in total. The second-order valence-corrected chi connectivity index (χ2v) is 5.47. The lowest BCUT2D eigenvalue weighted by Crippen LogP contribution is -2.11. The fourth-order valence-electron chi connectivity index (χ4n) is 2.30. The Labute approximate surface area is 145 Å². The molecule has 0 aliphatic rings. The third-order valence-electron chi connectivity index (χ3n) is 3.62. The first-order chi connectivity index (χ1) is 12.2. The summed E-state index contributed by atoms with van der Waals surface area (Å²) in [5.41, 5.74) is 1.66. The summed E-state index contributed by atoms with van der Waals surface area (Å²) < 4.78 is 16.1. The Morgan fingerprint density at radius 3 is 2.48 bits per heavy atom. The Hall–Kier alpha value is -3.15. The van der Waals surface area contributed by atoms with E-state index in [9.17, 15) is 4.79 Å². The van der Waals surface area contributed by atoms with E-state index in [2.05, 4.69) is 10.2 Å². The highest BCUT2D eigenvalue weighted by atomic mass is 16.6. The molecule has 1 aromatic heterocycles. The fraction of sp³-hybridized carbons (Fsp3) is 0.211. The molecule has 0 radical (unpaired) electrons. The van der Waals surface area contributed by atoms with Crippen LogP contribution in [0.5, 0.6) is 5.75 Å². The van der Waals surface area contributed by atoms with Gasteiger partial charge in [0.1, 0.15) is 5.75 Å². The van der Waals surface area contributed by atoms with E-state index < -0.39 is 6.10 Å². The summed E-state index contributed by atoms with van der Waals surface area (Å²) in [5.74, 6) is 1.04. The summed E-state index contributed by atoms with van der Waals surface area (Å²) in [5, 5.41) is 7.96. The van der Waals surface area contributed by atoms with Crippen molar-refractivity contribution in [3.8, 4) is 17.2 Å². The minimum atomic E-state index is -0.615. The van der Waals surface area contributed by atoms with Crippen molar-refractivity contribution in [1.29, 1.82) is 0 Å². The number of benzene rings is 2. The molecule has 3 rings (SSSR count). The van der Waals surface area contributed by atoms with Crippen LogP contribution in [0.2, 0.25) is 0 Å². The van der Waals surface area contributed by atoms with E-state index in [1.807, 2.05) is 42.5 Å². The van der Waals surface area contributed by atoms with Crippen LogP contribution in [-0.2, 0) is 16.0 Å². The Kier molecular flexibility index (Phi) is 5.09. The van der Waals surface area contributed by atoms with Crippen LogP contribution in [0.25, 0.3) is 11.5 Å². The number of hydrogen-bond acceptors (Lipinski definition) is 6. The zero-order valence-electron chi connectivity index (χ0n) is 14.0. The molecule has 0 fully saturated rings. The number of hydrogen-bond donors (Lipinski definition) is 0. The third kappa shape index (κ3) is 4.23. The fourth-order valence-corrected chi connectivity index (χ4v) is 2.30. The van der Waals surface area contributed by atoms with Crippen LogP contribution in [0.3, 0.4) is 0 Å². The number of esters is 1. The smallest absolute Gasteiger partial charge is 0.311 e. The SMILES string of the molecule is COc1ccc(CC(=O)O[C@H](C)c2nnc(-c3ccccc3)o2)cc1. The van der Waals surface area contributed by atoms with E-state index in [1.165, 1.54) is 0 Å². The first-order valence-corrected chi connectivity index (χ1v) is 7.87. The Bertz CT molecular complexity index is 828. The van der Waals surface area contributed by atoms with Crippen LogP contribution in [0.15, 0.2) is 59.0 Å². The van der Waals surface area contributed by atoms with Gasteiger partial charge in [0.15, 0.2) is 6.10 Å². The predicted molar refractivity (Wildman–Crippen MR) is 90.9 cm³/mol. The van der Waals surface area contributed by atoms with Gasteiger partial charge in [-0.05, 0) is 36.8 Å². The van der Waals surface area contributed by atoms with Crippen molar-refractivity contribution in [3.05, 3.63) is 66.1 Å². The van der Waals surface area contributed by atoms with E-state index in [-0.39, 0.29) is 18.3 Å². The monoisotopic (exact) mass is 338 g/mol. The summed E-state index contributed by atoms with van der Waals surface area (Å²) in [6.45, 7) is 1.70. The van der Waals surface area contributed by atoms with Crippen molar-refractivity contribution in [3.63, 3.8) is 0 Å². The molecule has 0 N–H and O–H groups in total. The molecule has 0 bridgehead atoms. The highest BCUT2D eigenvalue weighted by Gasteiger charge is 2.19. The van der Waals surface area contributed by atoms with Crippen LogP contribution in [0, 0.1) is 0 Å². The van der Waals surface area contributed by atoms with Gasteiger partial charge in [0.05, 0.1) is 13.5 Å². The standard InChI is InChI=1S/C19H18N2O4/c1-13(18-20-21-19(25-18)15-6-4-3-5-7-15)24-17(22)12-14-8-10-16(23-2)11-9-14/h3-11,13H,12H2,1-2H3/t13-/m1/s1. The van der Waals surface area contributed by atoms with Crippen LogP contribution in [0.1, 0.15) is 24.5 Å². The predicted octanol–water partition coefficient (Wildman–Crippen LogP) is 3.59. The second-order valence-electron chi connectivity index (χ2n) is 5.47. The molecule has 0 saturated carbocycles. The van der Waals surface area contributed by atoms with Gasteiger partial charge in [-0.15, -0.1) is 10.2 Å². The average Bonchev–Trinajstić information content (AvgIpc) is 3.13. The van der Waals surface area contributed by atoms with Crippen molar-refractivity contribution >= 4 is 5.97 Å². The largest absolute Gasteiger partial charge is 0.497 e. The molecule has 0 spiro atoms. The van der Waals surface area contributed by atoms with Gasteiger partial charge in [-0.2, -0.15) is 0 Å². The normalized spacial score (nSPS) is 11.8. The highest BCUT2D eigenvalue weighted by molar-refractivity contribution is 5.72. The number of aromatic nitrogens is 2. The zero-order valence-corrected chi connectivity index (χ0v) is 14.0. The van der Waals surface area contributed by atoms with Crippen LogP contribution in [-0.4, -0.2) is 23.3 Å². The van der Waals surface area contributed by atoms with E-state index in [0.717, 1.165) is 16.9 Å². The van der Waals surface area contributed by atoms with Crippen LogP contribution in [0.4, 0.5) is 0 Å². The number of nitrogens with zero attached hydrogens (tertiary/aromatic N) is 2. The number of rotatable bonds is 6. The van der Waals surface area contributed by atoms with Gasteiger partial charge in [-0.3, -0.25) is 4.79 Å².